The molecule has 2 fully saturated rings. The molecule has 1 saturated heterocycles. The molecule has 10 heteroatoms. The number of aromatic amines is 1. The highest BCUT2D eigenvalue weighted by molar-refractivity contribution is 5.73. The Hall–Kier alpha value is -3.40. The summed E-state index contributed by atoms with van der Waals surface area (Å²) in [7, 11) is 0. The van der Waals surface area contributed by atoms with E-state index in [1.165, 1.54) is 12.1 Å². The Morgan fingerprint density at radius 3 is 2.85 bits per heavy atom. The molecule has 1 aliphatic carbocycles. The summed E-state index contributed by atoms with van der Waals surface area (Å²) in [5, 5.41) is 21.8. The average molecular weight is 466 g/mol. The molecule has 2 N–H and O–H groups in total. The van der Waals surface area contributed by atoms with E-state index in [2.05, 4.69) is 15.3 Å². The predicted octanol–water partition coefficient (Wildman–Crippen LogP) is 4.15. The Morgan fingerprint density at radius 1 is 1.06 bits per heavy atom. The van der Waals surface area contributed by atoms with Gasteiger partial charge in [0.1, 0.15) is 23.3 Å². The number of aliphatic hydroxyl groups excluding tert-OH is 1. The molecule has 1 saturated carbocycles. The first-order valence-corrected chi connectivity index (χ1v) is 11.7. The fourth-order valence-electron chi connectivity index (χ4n) is 5.30. The van der Waals surface area contributed by atoms with E-state index in [9.17, 15) is 13.9 Å². The number of hydrogen-bond acceptors (Lipinski definition) is 6. The van der Waals surface area contributed by atoms with Crippen molar-refractivity contribution in [1.29, 1.82) is 0 Å². The van der Waals surface area contributed by atoms with Crippen LogP contribution in [0.25, 0.3) is 17.0 Å². The van der Waals surface area contributed by atoms with Crippen molar-refractivity contribution in [1.82, 2.24) is 29.8 Å². The van der Waals surface area contributed by atoms with E-state index in [4.69, 9.17) is 9.97 Å². The number of H-pyrrole nitrogens is 1. The average Bonchev–Trinajstić information content (AvgIpc) is 3.59. The van der Waals surface area contributed by atoms with Gasteiger partial charge in [0.05, 0.1) is 23.9 Å². The zero-order valence-corrected chi connectivity index (χ0v) is 18.5. The quantitative estimate of drug-likeness (QED) is 0.470. The van der Waals surface area contributed by atoms with Gasteiger partial charge in [-0.25, -0.2) is 23.3 Å². The second kappa shape index (κ2) is 8.43. The summed E-state index contributed by atoms with van der Waals surface area (Å²) in [5.74, 6) is 1.24. The molecule has 0 spiro atoms. The normalized spacial score (nSPS) is 23.1. The monoisotopic (exact) mass is 465 g/mol. The Bertz CT molecular complexity index is 1340. The lowest BCUT2D eigenvalue weighted by atomic mass is 9.87. The van der Waals surface area contributed by atoms with Crippen LogP contribution in [0.2, 0.25) is 0 Å². The first-order valence-electron chi connectivity index (χ1n) is 11.7. The minimum atomic E-state index is -0.448. The summed E-state index contributed by atoms with van der Waals surface area (Å²) in [5.41, 5.74) is 1.63. The topological polar surface area (TPSA) is 95.2 Å². The van der Waals surface area contributed by atoms with Gasteiger partial charge in [-0.05, 0) is 56.4 Å². The fraction of sp³-hybridized carbons (Fsp3) is 0.417. The van der Waals surface area contributed by atoms with Gasteiger partial charge in [0.25, 0.3) is 0 Å². The summed E-state index contributed by atoms with van der Waals surface area (Å²) < 4.78 is 30.0. The van der Waals surface area contributed by atoms with Gasteiger partial charge in [-0.2, -0.15) is 10.2 Å². The first kappa shape index (κ1) is 21.2. The van der Waals surface area contributed by atoms with Crippen LogP contribution in [-0.2, 0) is 0 Å². The zero-order valence-electron chi connectivity index (χ0n) is 18.5. The number of rotatable bonds is 4. The molecule has 1 unspecified atom stereocenters. The number of benzene rings is 1. The van der Waals surface area contributed by atoms with Crippen LogP contribution in [0.5, 0.6) is 0 Å². The van der Waals surface area contributed by atoms with E-state index in [0.717, 1.165) is 44.0 Å². The summed E-state index contributed by atoms with van der Waals surface area (Å²) in [6, 6.07) is 5.15. The molecule has 0 amide bonds. The summed E-state index contributed by atoms with van der Waals surface area (Å²) in [4.78, 5) is 11.5. The van der Waals surface area contributed by atoms with Crippen molar-refractivity contribution < 1.29 is 13.9 Å². The van der Waals surface area contributed by atoms with Crippen molar-refractivity contribution in [2.24, 2.45) is 0 Å². The van der Waals surface area contributed by atoms with Crippen molar-refractivity contribution in [3.05, 3.63) is 59.7 Å². The van der Waals surface area contributed by atoms with Gasteiger partial charge in [0.15, 0.2) is 11.5 Å². The van der Waals surface area contributed by atoms with Crippen molar-refractivity contribution in [2.75, 3.05) is 11.4 Å². The van der Waals surface area contributed by atoms with E-state index in [1.54, 1.807) is 10.7 Å². The smallest absolute Gasteiger partial charge is 0.186 e. The highest BCUT2D eigenvalue weighted by Crippen LogP contribution is 2.37. The lowest BCUT2D eigenvalue weighted by Gasteiger charge is -2.26. The lowest BCUT2D eigenvalue weighted by molar-refractivity contribution is 0.118. The Kier molecular flexibility index (Phi) is 5.24. The number of nitrogens with zero attached hydrogens (tertiary/aromatic N) is 6. The number of anilines is 1. The number of hydrogen-bond donors (Lipinski definition) is 2. The third-order valence-electron chi connectivity index (χ3n) is 7.00. The van der Waals surface area contributed by atoms with Crippen molar-refractivity contribution in [3.8, 4) is 11.4 Å². The van der Waals surface area contributed by atoms with Crippen LogP contribution in [0.15, 0.2) is 36.7 Å². The largest absolute Gasteiger partial charge is 0.393 e. The van der Waals surface area contributed by atoms with Gasteiger partial charge in [-0.1, -0.05) is 6.42 Å². The highest BCUT2D eigenvalue weighted by atomic mass is 19.1. The summed E-state index contributed by atoms with van der Waals surface area (Å²) >= 11 is 0. The molecule has 0 radical (unpaired) electrons. The standard InChI is InChI=1S/C24H25F2N7O/c25-15-6-7-19(26)17(12-15)20-5-2-9-32(20)21-8-10-33-24(28-21)18(13-27-33)23-29-22(30-31-23)14-3-1-4-16(34)11-14/h6-8,10,12-14,16,20,34H,1-5,9,11H2,(H,29,30,31)/t14-,16?,20+/m0/s1. The van der Waals surface area contributed by atoms with Gasteiger partial charge in [0.2, 0.25) is 0 Å². The molecule has 4 aromatic rings. The lowest BCUT2D eigenvalue weighted by Crippen LogP contribution is -2.24. The van der Waals surface area contributed by atoms with Crippen LogP contribution in [0.3, 0.4) is 0 Å². The molecule has 8 nitrogen and oxygen atoms in total. The van der Waals surface area contributed by atoms with Crippen molar-refractivity contribution in [2.45, 2.75) is 56.6 Å². The van der Waals surface area contributed by atoms with Gasteiger partial charge < -0.3 is 10.0 Å². The van der Waals surface area contributed by atoms with Crippen molar-refractivity contribution in [3.63, 3.8) is 0 Å². The first-order chi connectivity index (χ1) is 16.6. The van der Waals surface area contributed by atoms with E-state index in [1.807, 2.05) is 17.2 Å². The highest BCUT2D eigenvalue weighted by Gasteiger charge is 2.30. The van der Waals surface area contributed by atoms with Crippen LogP contribution < -0.4 is 4.90 Å². The molecule has 0 bridgehead atoms. The third-order valence-corrected chi connectivity index (χ3v) is 7.00. The maximum absolute atomic E-state index is 14.5. The molecular weight excluding hydrogens is 440 g/mol. The van der Waals surface area contributed by atoms with E-state index < -0.39 is 11.6 Å². The Morgan fingerprint density at radius 2 is 1.97 bits per heavy atom. The number of aromatic nitrogens is 6. The molecule has 34 heavy (non-hydrogen) atoms. The third kappa shape index (κ3) is 3.71. The SMILES string of the molecule is OC1CCC[C@H](c2nc(-c3cnn4ccc(N5CCC[C@@H]5c5cc(F)ccc5F)nc34)n[nH]2)C1. The van der Waals surface area contributed by atoms with Gasteiger partial charge in [-0.3, -0.25) is 5.10 Å². The maximum atomic E-state index is 14.5. The van der Waals surface area contributed by atoms with Crippen LogP contribution in [0, 0.1) is 11.6 Å². The number of halogens is 2. The number of nitrogens with one attached hydrogen (secondary N) is 1. The van der Waals surface area contributed by atoms with Crippen LogP contribution in [0.1, 0.15) is 61.9 Å². The van der Waals surface area contributed by atoms with Crippen LogP contribution in [0.4, 0.5) is 14.6 Å². The van der Waals surface area contributed by atoms with Gasteiger partial charge in [-0.15, -0.1) is 0 Å². The molecule has 3 aromatic heterocycles. The molecule has 176 valence electrons. The minimum absolute atomic E-state index is 0.155. The number of aliphatic hydroxyl groups is 1. The molecule has 6 rings (SSSR count). The Labute approximate surface area is 194 Å². The summed E-state index contributed by atoms with van der Waals surface area (Å²) in [6.07, 6.45) is 8.21. The number of fused-ring (bicyclic) bond motifs is 1. The van der Waals surface area contributed by atoms with Crippen molar-refractivity contribution >= 4 is 11.5 Å². The predicted molar refractivity (Wildman–Crippen MR) is 121 cm³/mol. The van der Waals surface area contributed by atoms with E-state index >= 15 is 0 Å². The zero-order chi connectivity index (χ0) is 23.2. The minimum Gasteiger partial charge on any atom is -0.393 e. The van der Waals surface area contributed by atoms with Crippen LogP contribution >= 0.6 is 0 Å². The second-order valence-corrected chi connectivity index (χ2v) is 9.19. The van der Waals surface area contributed by atoms with Gasteiger partial charge in [0, 0.05) is 24.2 Å². The molecular formula is C24H25F2N7O. The maximum Gasteiger partial charge on any atom is 0.186 e. The van der Waals surface area contributed by atoms with E-state index in [0.29, 0.717) is 41.4 Å². The van der Waals surface area contributed by atoms with Crippen LogP contribution in [-0.4, -0.2) is 47.5 Å². The summed E-state index contributed by atoms with van der Waals surface area (Å²) in [6.45, 7) is 0.697. The molecule has 1 aromatic carbocycles. The van der Waals surface area contributed by atoms with Gasteiger partial charge >= 0.3 is 0 Å². The Balaban J connectivity index is 1.33. The second-order valence-electron chi connectivity index (χ2n) is 9.19. The molecule has 2 aliphatic rings. The molecule has 1 aliphatic heterocycles. The fourth-order valence-corrected chi connectivity index (χ4v) is 5.30. The van der Waals surface area contributed by atoms with E-state index in [-0.39, 0.29) is 18.1 Å². The molecule has 3 atom stereocenters. The molecule has 4 heterocycles.